The van der Waals surface area contributed by atoms with E-state index < -0.39 is 0 Å². The summed E-state index contributed by atoms with van der Waals surface area (Å²) in [5.41, 5.74) is 13.5. The highest BCUT2D eigenvalue weighted by Crippen LogP contribution is 2.27. The standard InChI is InChI=1S/C14H16N4/c1-9-12(8-18(2)17-9)10-3-4-14-11(7-10)13(15)5-6-16-14/h3-9,17H,1-2H3,(H2,15,16). The van der Waals surface area contributed by atoms with Crippen molar-refractivity contribution in [2.75, 3.05) is 12.8 Å². The van der Waals surface area contributed by atoms with Crippen LogP contribution >= 0.6 is 0 Å². The van der Waals surface area contributed by atoms with E-state index in [1.165, 1.54) is 11.1 Å². The predicted octanol–water partition coefficient (Wildman–Crippen LogP) is 2.00. The SMILES string of the molecule is CC1NN(C)C=C1c1ccc2nccc(N)c2c1. The molecule has 0 saturated carbocycles. The lowest BCUT2D eigenvalue weighted by Gasteiger charge is -2.12. The molecular formula is C14H16N4. The van der Waals surface area contributed by atoms with Gasteiger partial charge in [0.2, 0.25) is 0 Å². The largest absolute Gasteiger partial charge is 0.398 e. The van der Waals surface area contributed by atoms with Gasteiger partial charge in [-0.2, -0.15) is 0 Å². The Morgan fingerprint density at radius 2 is 2.17 bits per heavy atom. The Labute approximate surface area is 106 Å². The summed E-state index contributed by atoms with van der Waals surface area (Å²) < 4.78 is 0. The zero-order valence-corrected chi connectivity index (χ0v) is 10.5. The normalized spacial score (nSPS) is 19.3. The lowest BCUT2D eigenvalue weighted by molar-refractivity contribution is 0.340. The molecule has 0 fully saturated rings. The highest BCUT2D eigenvalue weighted by molar-refractivity contribution is 5.92. The molecule has 2 heterocycles. The minimum absolute atomic E-state index is 0.311. The Kier molecular flexibility index (Phi) is 2.45. The van der Waals surface area contributed by atoms with E-state index in [1.54, 1.807) is 6.20 Å². The molecule has 4 heteroatoms. The van der Waals surface area contributed by atoms with Gasteiger partial charge in [-0.15, -0.1) is 0 Å². The molecule has 0 saturated heterocycles. The molecule has 4 nitrogen and oxygen atoms in total. The van der Waals surface area contributed by atoms with Gasteiger partial charge in [0.25, 0.3) is 0 Å². The van der Waals surface area contributed by atoms with Crippen LogP contribution in [0, 0.1) is 0 Å². The zero-order valence-electron chi connectivity index (χ0n) is 10.5. The number of rotatable bonds is 1. The molecule has 0 spiro atoms. The lowest BCUT2D eigenvalue weighted by Crippen LogP contribution is -2.30. The monoisotopic (exact) mass is 240 g/mol. The summed E-state index contributed by atoms with van der Waals surface area (Å²) in [5, 5.41) is 2.99. The van der Waals surface area contributed by atoms with Crippen LogP contribution in [0.15, 0.2) is 36.7 Å². The number of nitrogens with zero attached hydrogens (tertiary/aromatic N) is 2. The van der Waals surface area contributed by atoms with Gasteiger partial charge in [-0.25, -0.2) is 5.43 Å². The smallest absolute Gasteiger partial charge is 0.0723 e. The van der Waals surface area contributed by atoms with Crippen LogP contribution in [0.3, 0.4) is 0 Å². The fourth-order valence-electron chi connectivity index (χ4n) is 2.40. The summed E-state index contributed by atoms with van der Waals surface area (Å²) in [4.78, 5) is 4.32. The van der Waals surface area contributed by atoms with E-state index >= 15 is 0 Å². The lowest BCUT2D eigenvalue weighted by atomic mass is 9.99. The van der Waals surface area contributed by atoms with Crippen molar-refractivity contribution in [2.45, 2.75) is 13.0 Å². The second-order valence-corrected chi connectivity index (χ2v) is 4.68. The molecule has 1 aromatic heterocycles. The van der Waals surface area contributed by atoms with E-state index in [0.29, 0.717) is 6.04 Å². The third kappa shape index (κ3) is 1.71. The second-order valence-electron chi connectivity index (χ2n) is 4.68. The molecular weight excluding hydrogens is 224 g/mol. The Morgan fingerprint density at radius 1 is 1.33 bits per heavy atom. The summed E-state index contributed by atoms with van der Waals surface area (Å²) in [6, 6.07) is 8.37. The van der Waals surface area contributed by atoms with Crippen LogP contribution in [0.1, 0.15) is 12.5 Å². The Hall–Kier alpha value is -2.07. The maximum Gasteiger partial charge on any atom is 0.0723 e. The van der Waals surface area contributed by atoms with Gasteiger partial charge in [-0.3, -0.25) is 4.98 Å². The van der Waals surface area contributed by atoms with Gasteiger partial charge in [0, 0.05) is 30.5 Å². The van der Waals surface area contributed by atoms with Crippen molar-refractivity contribution in [2.24, 2.45) is 0 Å². The molecule has 0 aliphatic carbocycles. The predicted molar refractivity (Wildman–Crippen MR) is 74.5 cm³/mol. The highest BCUT2D eigenvalue weighted by Gasteiger charge is 2.19. The van der Waals surface area contributed by atoms with E-state index in [2.05, 4.69) is 35.7 Å². The molecule has 92 valence electrons. The van der Waals surface area contributed by atoms with Crippen molar-refractivity contribution in [3.05, 3.63) is 42.2 Å². The van der Waals surface area contributed by atoms with Gasteiger partial charge in [0.1, 0.15) is 0 Å². The van der Waals surface area contributed by atoms with Gasteiger partial charge >= 0.3 is 0 Å². The maximum absolute atomic E-state index is 6.00. The number of nitrogens with one attached hydrogen (secondary N) is 1. The van der Waals surface area contributed by atoms with Crippen molar-refractivity contribution >= 4 is 22.2 Å². The number of nitrogen functional groups attached to an aromatic ring is 1. The molecule has 1 aromatic carbocycles. The third-order valence-corrected chi connectivity index (χ3v) is 3.31. The fourth-order valence-corrected chi connectivity index (χ4v) is 2.40. The molecule has 3 rings (SSSR count). The summed E-state index contributed by atoms with van der Waals surface area (Å²) >= 11 is 0. The van der Waals surface area contributed by atoms with Crippen molar-refractivity contribution in [3.63, 3.8) is 0 Å². The number of nitrogens with two attached hydrogens (primary N) is 1. The summed E-state index contributed by atoms with van der Waals surface area (Å²) in [7, 11) is 2.00. The number of hydrazine groups is 1. The van der Waals surface area contributed by atoms with Crippen molar-refractivity contribution in [3.8, 4) is 0 Å². The molecule has 0 bridgehead atoms. The van der Waals surface area contributed by atoms with Crippen LogP contribution in [0.2, 0.25) is 0 Å². The Morgan fingerprint density at radius 3 is 2.89 bits per heavy atom. The van der Waals surface area contributed by atoms with Crippen LogP contribution in [-0.4, -0.2) is 23.1 Å². The number of hydrogen-bond donors (Lipinski definition) is 2. The molecule has 1 atom stereocenters. The van der Waals surface area contributed by atoms with Gasteiger partial charge < -0.3 is 10.7 Å². The topological polar surface area (TPSA) is 54.2 Å². The first-order valence-electron chi connectivity index (χ1n) is 6.00. The van der Waals surface area contributed by atoms with Crippen LogP contribution in [-0.2, 0) is 0 Å². The van der Waals surface area contributed by atoms with Crippen LogP contribution < -0.4 is 11.2 Å². The third-order valence-electron chi connectivity index (χ3n) is 3.31. The van der Waals surface area contributed by atoms with Crippen LogP contribution in [0.5, 0.6) is 0 Å². The minimum atomic E-state index is 0.311. The first-order valence-corrected chi connectivity index (χ1v) is 6.00. The van der Waals surface area contributed by atoms with E-state index in [1.807, 2.05) is 24.2 Å². The summed E-state index contributed by atoms with van der Waals surface area (Å²) in [5.74, 6) is 0. The first-order chi connectivity index (χ1) is 8.65. The van der Waals surface area contributed by atoms with Gasteiger partial charge in [0.05, 0.1) is 11.6 Å². The molecule has 2 aromatic rings. The van der Waals surface area contributed by atoms with Gasteiger partial charge in [-0.1, -0.05) is 6.07 Å². The average Bonchev–Trinajstić information content (AvgIpc) is 2.69. The highest BCUT2D eigenvalue weighted by atomic mass is 15.5. The molecule has 1 unspecified atom stereocenters. The van der Waals surface area contributed by atoms with E-state index in [-0.39, 0.29) is 0 Å². The quantitative estimate of drug-likeness (QED) is 0.800. The van der Waals surface area contributed by atoms with Crippen LogP contribution in [0.25, 0.3) is 16.5 Å². The fraction of sp³-hybridized carbons (Fsp3) is 0.214. The van der Waals surface area contributed by atoms with E-state index in [0.717, 1.165) is 16.6 Å². The average molecular weight is 240 g/mol. The molecule has 18 heavy (non-hydrogen) atoms. The number of hydrogen-bond acceptors (Lipinski definition) is 4. The minimum Gasteiger partial charge on any atom is -0.398 e. The van der Waals surface area contributed by atoms with Crippen molar-refractivity contribution < 1.29 is 0 Å². The molecule has 3 N–H and O–H groups in total. The molecule has 0 radical (unpaired) electrons. The van der Waals surface area contributed by atoms with Gasteiger partial charge in [-0.05, 0) is 36.3 Å². The zero-order chi connectivity index (χ0) is 12.7. The second kappa shape index (κ2) is 3.99. The van der Waals surface area contributed by atoms with Gasteiger partial charge in [0.15, 0.2) is 0 Å². The van der Waals surface area contributed by atoms with E-state index in [4.69, 9.17) is 5.73 Å². The van der Waals surface area contributed by atoms with Crippen molar-refractivity contribution in [1.82, 2.24) is 15.4 Å². The first kappa shape index (κ1) is 11.0. The molecule has 1 aliphatic heterocycles. The number of pyridine rings is 1. The Balaban J connectivity index is 2.14. The number of fused-ring (bicyclic) bond motifs is 1. The maximum atomic E-state index is 6.00. The van der Waals surface area contributed by atoms with Crippen molar-refractivity contribution in [1.29, 1.82) is 0 Å². The number of aromatic nitrogens is 1. The Bertz CT molecular complexity index is 633. The molecule has 1 aliphatic rings. The van der Waals surface area contributed by atoms with E-state index in [9.17, 15) is 0 Å². The number of anilines is 1. The molecule has 0 amide bonds. The van der Waals surface area contributed by atoms with Crippen LogP contribution in [0.4, 0.5) is 5.69 Å². The number of benzene rings is 1. The summed E-state index contributed by atoms with van der Waals surface area (Å²) in [6.07, 6.45) is 3.85. The summed E-state index contributed by atoms with van der Waals surface area (Å²) in [6.45, 7) is 2.14.